The summed E-state index contributed by atoms with van der Waals surface area (Å²) < 4.78 is 29.4. The number of carbonyl (C=O) groups excluding carboxylic acids is 1. The van der Waals surface area contributed by atoms with Crippen LogP contribution in [-0.2, 0) is 23.0 Å². The van der Waals surface area contributed by atoms with E-state index in [1.54, 1.807) is 0 Å². The van der Waals surface area contributed by atoms with Crippen LogP contribution in [0, 0.1) is 0 Å². The number of aliphatic hydroxyl groups is 4. The maximum absolute atomic E-state index is 10.8. The lowest BCUT2D eigenvalue weighted by Crippen LogP contribution is -2.51. The molecule has 132 valence electrons. The Labute approximate surface area is 123 Å². The SMILES string of the molecule is O=C[C@@H](OP(=O)(O)O)[C@@H](OP(=O)(O)O)[C@@H](O)[C@H](O)[C@@H](O)CO. The van der Waals surface area contributed by atoms with Crippen LogP contribution in [0.2, 0.25) is 0 Å². The maximum atomic E-state index is 10.8. The molecular formula is C7H16O13P2. The molecule has 0 aliphatic heterocycles. The van der Waals surface area contributed by atoms with E-state index < -0.39 is 52.8 Å². The largest absolute Gasteiger partial charge is 0.470 e. The van der Waals surface area contributed by atoms with Gasteiger partial charge in [-0.05, 0) is 0 Å². The van der Waals surface area contributed by atoms with Crippen LogP contribution in [0.25, 0.3) is 0 Å². The van der Waals surface area contributed by atoms with Gasteiger partial charge in [-0.3, -0.25) is 9.05 Å². The highest BCUT2D eigenvalue weighted by Gasteiger charge is 2.43. The van der Waals surface area contributed by atoms with Crippen molar-refractivity contribution in [1.82, 2.24) is 0 Å². The fourth-order valence-electron chi connectivity index (χ4n) is 1.33. The highest BCUT2D eigenvalue weighted by atomic mass is 31.2. The lowest BCUT2D eigenvalue weighted by Gasteiger charge is -2.31. The van der Waals surface area contributed by atoms with Gasteiger partial charge in [0.1, 0.15) is 24.4 Å². The summed E-state index contributed by atoms with van der Waals surface area (Å²) in [7, 11) is -10.7. The summed E-state index contributed by atoms with van der Waals surface area (Å²) in [5.41, 5.74) is 0. The molecule has 0 spiro atoms. The van der Waals surface area contributed by atoms with Crippen molar-refractivity contribution in [1.29, 1.82) is 0 Å². The summed E-state index contributed by atoms with van der Waals surface area (Å²) in [6, 6.07) is 0. The van der Waals surface area contributed by atoms with Gasteiger partial charge in [0.05, 0.1) is 6.61 Å². The van der Waals surface area contributed by atoms with Crippen molar-refractivity contribution < 1.29 is 63.0 Å². The quantitative estimate of drug-likeness (QED) is 0.136. The molecular weight excluding hydrogens is 354 g/mol. The molecule has 13 nitrogen and oxygen atoms in total. The average Bonchev–Trinajstić information content (AvgIpc) is 2.37. The van der Waals surface area contributed by atoms with E-state index in [9.17, 15) is 24.1 Å². The first kappa shape index (κ1) is 21.7. The van der Waals surface area contributed by atoms with E-state index in [-0.39, 0.29) is 6.29 Å². The molecule has 0 aromatic carbocycles. The molecule has 0 heterocycles. The van der Waals surface area contributed by atoms with E-state index in [2.05, 4.69) is 9.05 Å². The van der Waals surface area contributed by atoms with E-state index in [0.29, 0.717) is 0 Å². The number of rotatable bonds is 10. The Balaban J connectivity index is 5.46. The molecule has 0 saturated carbocycles. The van der Waals surface area contributed by atoms with Crippen molar-refractivity contribution in [3.8, 4) is 0 Å². The van der Waals surface area contributed by atoms with Crippen LogP contribution in [0.4, 0.5) is 0 Å². The number of phosphoric acid groups is 2. The summed E-state index contributed by atoms with van der Waals surface area (Å²) in [4.78, 5) is 45.3. The second kappa shape index (κ2) is 8.55. The Kier molecular flexibility index (Phi) is 8.44. The molecule has 0 saturated heterocycles. The molecule has 0 bridgehead atoms. The van der Waals surface area contributed by atoms with Crippen molar-refractivity contribution >= 4 is 21.9 Å². The molecule has 0 aliphatic rings. The van der Waals surface area contributed by atoms with E-state index >= 15 is 0 Å². The molecule has 8 N–H and O–H groups in total. The number of aldehydes is 1. The van der Waals surface area contributed by atoms with Crippen LogP contribution >= 0.6 is 15.6 Å². The van der Waals surface area contributed by atoms with Gasteiger partial charge in [0.2, 0.25) is 0 Å². The molecule has 0 radical (unpaired) electrons. The van der Waals surface area contributed by atoms with Gasteiger partial charge in [-0.15, -0.1) is 0 Å². The molecule has 22 heavy (non-hydrogen) atoms. The molecule has 0 unspecified atom stereocenters. The molecule has 0 aliphatic carbocycles. The first-order valence-corrected chi connectivity index (χ1v) is 8.46. The molecule has 5 atom stereocenters. The molecule has 0 fully saturated rings. The first-order valence-electron chi connectivity index (χ1n) is 5.40. The zero-order valence-corrected chi connectivity index (χ0v) is 12.5. The van der Waals surface area contributed by atoms with Gasteiger partial charge in [0, 0.05) is 0 Å². The smallest absolute Gasteiger partial charge is 0.394 e. The summed E-state index contributed by atoms with van der Waals surface area (Å²) >= 11 is 0. The van der Waals surface area contributed by atoms with E-state index in [1.807, 2.05) is 0 Å². The van der Waals surface area contributed by atoms with E-state index in [0.717, 1.165) is 0 Å². The van der Waals surface area contributed by atoms with Crippen LogP contribution in [0.15, 0.2) is 0 Å². The topological polar surface area (TPSA) is 232 Å². The Hall–Kier alpha value is -0.270. The standard InChI is InChI=1S/C7H16O13P2/c8-1-3(10)5(11)6(12)7(20-22(16,17)18)4(2-9)19-21(13,14)15/h2-8,10-12H,1H2,(H2,13,14,15)(H2,16,17,18)/t3-,4+,5+,6-,7+/m0/s1. The van der Waals surface area contributed by atoms with Crippen LogP contribution in [-0.4, -0.2) is 83.4 Å². The molecule has 0 aromatic rings. The second-order valence-corrected chi connectivity index (χ2v) is 6.37. The average molecular weight is 370 g/mol. The minimum absolute atomic E-state index is 0.347. The maximum Gasteiger partial charge on any atom is 0.470 e. The summed E-state index contributed by atoms with van der Waals surface area (Å²) in [5.74, 6) is 0. The Morgan fingerprint density at radius 1 is 0.909 bits per heavy atom. The van der Waals surface area contributed by atoms with Crippen LogP contribution in [0.5, 0.6) is 0 Å². The molecule has 0 aromatic heterocycles. The van der Waals surface area contributed by atoms with Crippen molar-refractivity contribution in [3.05, 3.63) is 0 Å². The number of carbonyl (C=O) groups is 1. The fourth-order valence-corrected chi connectivity index (χ4v) is 2.37. The van der Waals surface area contributed by atoms with Crippen LogP contribution < -0.4 is 0 Å². The predicted octanol–water partition coefficient (Wildman–Crippen LogP) is -3.78. The minimum Gasteiger partial charge on any atom is -0.394 e. The summed E-state index contributed by atoms with van der Waals surface area (Å²) in [5, 5.41) is 36.8. The number of hydrogen-bond acceptors (Lipinski definition) is 9. The molecule has 0 amide bonds. The Morgan fingerprint density at radius 2 is 1.36 bits per heavy atom. The number of hydrogen-bond donors (Lipinski definition) is 8. The highest BCUT2D eigenvalue weighted by molar-refractivity contribution is 7.46. The van der Waals surface area contributed by atoms with Crippen molar-refractivity contribution in [2.75, 3.05) is 6.61 Å². The van der Waals surface area contributed by atoms with Gasteiger partial charge >= 0.3 is 15.6 Å². The van der Waals surface area contributed by atoms with Crippen molar-refractivity contribution in [3.63, 3.8) is 0 Å². The second-order valence-electron chi connectivity index (χ2n) is 3.99. The summed E-state index contributed by atoms with van der Waals surface area (Å²) in [6.07, 6.45) is -11.9. The van der Waals surface area contributed by atoms with Gasteiger partial charge in [0.15, 0.2) is 12.4 Å². The van der Waals surface area contributed by atoms with E-state index in [4.69, 9.17) is 29.8 Å². The number of phosphoric ester groups is 2. The highest BCUT2D eigenvalue weighted by Crippen LogP contribution is 2.43. The zero-order valence-electron chi connectivity index (χ0n) is 10.7. The van der Waals surface area contributed by atoms with Gasteiger partial charge in [-0.25, -0.2) is 9.13 Å². The Morgan fingerprint density at radius 3 is 1.68 bits per heavy atom. The van der Waals surface area contributed by atoms with Gasteiger partial charge in [0.25, 0.3) is 0 Å². The van der Waals surface area contributed by atoms with Crippen LogP contribution in [0.3, 0.4) is 0 Å². The monoisotopic (exact) mass is 370 g/mol. The predicted molar refractivity (Wildman–Crippen MR) is 65.0 cm³/mol. The Bertz CT molecular complexity index is 442. The zero-order chi connectivity index (χ0) is 17.7. The fraction of sp³-hybridized carbons (Fsp3) is 0.857. The van der Waals surface area contributed by atoms with Crippen molar-refractivity contribution in [2.45, 2.75) is 30.5 Å². The first-order chi connectivity index (χ1) is 9.82. The summed E-state index contributed by atoms with van der Waals surface area (Å²) in [6.45, 7) is -1.08. The van der Waals surface area contributed by atoms with Gasteiger partial charge in [-0.1, -0.05) is 0 Å². The van der Waals surface area contributed by atoms with Gasteiger partial charge in [-0.2, -0.15) is 0 Å². The van der Waals surface area contributed by atoms with E-state index in [1.165, 1.54) is 0 Å². The third-order valence-electron chi connectivity index (χ3n) is 2.24. The van der Waals surface area contributed by atoms with Gasteiger partial charge < -0.3 is 44.8 Å². The normalized spacial score (nSPS) is 20.0. The third-order valence-corrected chi connectivity index (χ3v) is 3.28. The van der Waals surface area contributed by atoms with Crippen LogP contribution in [0.1, 0.15) is 0 Å². The third kappa shape index (κ3) is 7.83. The van der Waals surface area contributed by atoms with Crippen molar-refractivity contribution in [2.24, 2.45) is 0 Å². The minimum atomic E-state index is -5.39. The molecule has 0 rings (SSSR count). The molecule has 15 heteroatoms. The number of aliphatic hydroxyl groups excluding tert-OH is 4. The lowest BCUT2D eigenvalue weighted by molar-refractivity contribution is -0.143. The lowest BCUT2D eigenvalue weighted by atomic mass is 10.0.